The predicted octanol–water partition coefficient (Wildman–Crippen LogP) is 10.4. The molecule has 0 fully saturated rings. The lowest BCUT2D eigenvalue weighted by molar-refractivity contribution is 0.666. The number of fused-ring (bicyclic) bond motifs is 8. The highest BCUT2D eigenvalue weighted by Gasteiger charge is 2.38. The van der Waals surface area contributed by atoms with E-state index in [-0.39, 0.29) is 5.41 Å². The molecule has 9 rings (SSSR count). The average Bonchev–Trinajstić information content (AvgIpc) is 3.53. The quantitative estimate of drug-likeness (QED) is 0.214. The van der Waals surface area contributed by atoms with Gasteiger partial charge in [-0.05, 0) is 62.4 Å². The van der Waals surface area contributed by atoms with Gasteiger partial charge in [-0.3, -0.25) is 0 Å². The number of hydrogen-bond donors (Lipinski definition) is 0. The Labute approximate surface area is 256 Å². The van der Waals surface area contributed by atoms with Crippen LogP contribution in [0.3, 0.4) is 0 Å². The van der Waals surface area contributed by atoms with Crippen LogP contribution in [-0.2, 0) is 5.41 Å². The van der Waals surface area contributed by atoms with E-state index < -0.39 is 0 Å². The second-order valence-electron chi connectivity index (χ2n) is 12.3. The molecule has 0 atom stereocenters. The molecule has 0 saturated carbocycles. The van der Waals surface area contributed by atoms with Gasteiger partial charge in [-0.25, -0.2) is 9.97 Å². The summed E-state index contributed by atoms with van der Waals surface area (Å²) < 4.78 is 2.34. The zero-order valence-corrected chi connectivity index (χ0v) is 24.6. The molecular formula is C41H29N3. The molecule has 0 unspecified atom stereocenters. The van der Waals surface area contributed by atoms with E-state index in [1.165, 1.54) is 49.5 Å². The van der Waals surface area contributed by atoms with E-state index in [4.69, 9.17) is 9.97 Å². The summed E-state index contributed by atoms with van der Waals surface area (Å²) in [5.74, 6) is 0.745. The van der Waals surface area contributed by atoms with Gasteiger partial charge in [0, 0.05) is 22.1 Å². The summed E-state index contributed by atoms with van der Waals surface area (Å²) in [6.07, 6.45) is 2.00. The maximum atomic E-state index is 5.29. The van der Waals surface area contributed by atoms with Gasteiger partial charge in [-0.2, -0.15) is 0 Å². The molecule has 2 heterocycles. The number of rotatable bonds is 3. The fourth-order valence-electron chi connectivity index (χ4n) is 7.41. The molecular weight excluding hydrogens is 534 g/mol. The van der Waals surface area contributed by atoms with Crippen LogP contribution in [0, 0.1) is 0 Å². The van der Waals surface area contributed by atoms with Gasteiger partial charge in [-0.15, -0.1) is 0 Å². The second-order valence-corrected chi connectivity index (χ2v) is 12.3. The summed E-state index contributed by atoms with van der Waals surface area (Å²) in [4.78, 5) is 10.2. The summed E-state index contributed by atoms with van der Waals surface area (Å²) in [6.45, 7) is 4.69. The topological polar surface area (TPSA) is 30.7 Å². The molecule has 2 aromatic heterocycles. The van der Waals surface area contributed by atoms with Crippen molar-refractivity contribution in [3.8, 4) is 39.3 Å². The lowest BCUT2D eigenvalue weighted by Crippen LogP contribution is -2.15. The van der Waals surface area contributed by atoms with Crippen molar-refractivity contribution < 1.29 is 0 Å². The number of nitrogens with zero attached hydrogens (tertiary/aromatic N) is 3. The van der Waals surface area contributed by atoms with Gasteiger partial charge in [0.15, 0.2) is 5.82 Å². The second kappa shape index (κ2) is 9.23. The van der Waals surface area contributed by atoms with E-state index >= 15 is 0 Å². The van der Waals surface area contributed by atoms with Crippen molar-refractivity contribution in [3.05, 3.63) is 151 Å². The Morgan fingerprint density at radius 1 is 0.568 bits per heavy atom. The van der Waals surface area contributed by atoms with Crippen LogP contribution in [-0.4, -0.2) is 14.5 Å². The molecule has 8 aromatic rings. The van der Waals surface area contributed by atoms with Gasteiger partial charge < -0.3 is 4.57 Å². The minimum absolute atomic E-state index is 0.166. The summed E-state index contributed by atoms with van der Waals surface area (Å²) in [7, 11) is 0. The van der Waals surface area contributed by atoms with Crippen LogP contribution >= 0.6 is 0 Å². The van der Waals surface area contributed by atoms with Crippen LogP contribution in [0.5, 0.6) is 0 Å². The average molecular weight is 564 g/mol. The first kappa shape index (κ1) is 25.0. The Morgan fingerprint density at radius 3 is 2.16 bits per heavy atom. The van der Waals surface area contributed by atoms with Crippen LogP contribution < -0.4 is 0 Å². The highest BCUT2D eigenvalue weighted by atomic mass is 15.0. The monoisotopic (exact) mass is 563 g/mol. The zero-order chi connectivity index (χ0) is 29.4. The minimum atomic E-state index is -0.166. The Bertz CT molecular complexity index is 2390. The number of aromatic nitrogens is 3. The fraction of sp³-hybridized carbons (Fsp3) is 0.0732. The Morgan fingerprint density at radius 2 is 1.30 bits per heavy atom. The van der Waals surface area contributed by atoms with Crippen molar-refractivity contribution >= 4 is 32.7 Å². The molecule has 1 aliphatic carbocycles. The van der Waals surface area contributed by atoms with E-state index in [2.05, 4.69) is 134 Å². The molecule has 0 spiro atoms. The first-order valence-electron chi connectivity index (χ1n) is 15.2. The largest absolute Gasteiger partial charge is 0.306 e. The van der Waals surface area contributed by atoms with Crippen molar-refractivity contribution in [3.63, 3.8) is 0 Å². The molecule has 1 aliphatic rings. The Balaban J connectivity index is 1.31. The van der Waals surface area contributed by atoms with Gasteiger partial charge in [0.2, 0.25) is 0 Å². The molecule has 3 heteroatoms. The van der Waals surface area contributed by atoms with Gasteiger partial charge >= 0.3 is 0 Å². The first-order valence-corrected chi connectivity index (χ1v) is 15.2. The summed E-state index contributed by atoms with van der Waals surface area (Å²) in [5, 5.41) is 3.72. The van der Waals surface area contributed by atoms with Crippen molar-refractivity contribution in [2.75, 3.05) is 0 Å². The van der Waals surface area contributed by atoms with Crippen molar-refractivity contribution in [1.29, 1.82) is 0 Å². The third kappa shape index (κ3) is 3.50. The smallest absolute Gasteiger partial charge is 0.159 e. The zero-order valence-electron chi connectivity index (χ0n) is 24.6. The summed E-state index contributed by atoms with van der Waals surface area (Å²) >= 11 is 0. The molecule has 0 radical (unpaired) electrons. The van der Waals surface area contributed by atoms with Gasteiger partial charge in [0.25, 0.3) is 0 Å². The fourth-order valence-corrected chi connectivity index (χ4v) is 7.41. The van der Waals surface area contributed by atoms with Crippen molar-refractivity contribution in [2.24, 2.45) is 0 Å². The maximum absolute atomic E-state index is 5.29. The third-order valence-corrected chi connectivity index (χ3v) is 9.45. The molecule has 0 bridgehead atoms. The molecule has 208 valence electrons. The lowest BCUT2D eigenvalue weighted by atomic mass is 9.81. The maximum Gasteiger partial charge on any atom is 0.159 e. The molecule has 44 heavy (non-hydrogen) atoms. The van der Waals surface area contributed by atoms with Crippen LogP contribution in [0.4, 0.5) is 0 Å². The third-order valence-electron chi connectivity index (χ3n) is 9.45. The van der Waals surface area contributed by atoms with Crippen molar-refractivity contribution in [2.45, 2.75) is 19.3 Å². The van der Waals surface area contributed by atoms with Crippen LogP contribution in [0.1, 0.15) is 25.0 Å². The van der Waals surface area contributed by atoms with E-state index in [1.807, 2.05) is 24.4 Å². The molecule has 3 nitrogen and oxygen atoms in total. The molecule has 0 aliphatic heterocycles. The summed E-state index contributed by atoms with van der Waals surface area (Å²) in [6, 6.07) is 47.7. The van der Waals surface area contributed by atoms with Crippen LogP contribution in [0.15, 0.2) is 140 Å². The predicted molar refractivity (Wildman–Crippen MR) is 182 cm³/mol. The minimum Gasteiger partial charge on any atom is -0.306 e. The van der Waals surface area contributed by atoms with E-state index in [0.717, 1.165) is 33.6 Å². The lowest BCUT2D eigenvalue weighted by Gasteiger charge is -2.22. The first-order chi connectivity index (χ1) is 21.6. The van der Waals surface area contributed by atoms with Gasteiger partial charge in [-0.1, -0.05) is 129 Å². The Hall–Kier alpha value is -5.54. The van der Waals surface area contributed by atoms with E-state index in [9.17, 15) is 0 Å². The normalized spacial score (nSPS) is 13.4. The Kier molecular flexibility index (Phi) is 5.24. The van der Waals surface area contributed by atoms with Crippen molar-refractivity contribution in [1.82, 2.24) is 14.5 Å². The summed E-state index contributed by atoms with van der Waals surface area (Å²) in [5.41, 5.74) is 12.8. The number of benzene rings is 6. The molecule has 0 saturated heterocycles. The molecule has 0 amide bonds. The van der Waals surface area contributed by atoms with Gasteiger partial charge in [0.1, 0.15) is 5.52 Å². The number of hydrogen-bond acceptors (Lipinski definition) is 2. The van der Waals surface area contributed by atoms with E-state index in [1.54, 1.807) is 0 Å². The van der Waals surface area contributed by atoms with Crippen LogP contribution in [0.25, 0.3) is 72.0 Å². The SMILES string of the molecule is CC1(C)c2ccccc2-c2ccc3c(c21)c1nc(-c2ccccc2)ncc1n3-c1ccc(-c2cccc3ccccc23)cc1. The molecule has 6 aromatic carbocycles. The van der Waals surface area contributed by atoms with E-state index in [0.29, 0.717) is 0 Å². The van der Waals surface area contributed by atoms with Gasteiger partial charge in [0.05, 0.1) is 17.2 Å². The highest BCUT2D eigenvalue weighted by Crippen LogP contribution is 2.53. The molecule has 0 N–H and O–H groups in total. The standard InChI is InChI=1S/C41H29N3/c1-41(2)34-18-9-8-16-32(34)33-23-24-35-37(38(33)41)39-36(25-42-40(43-39)28-12-4-3-5-13-28)44(35)29-21-19-27(20-22-29)31-17-10-14-26-11-6-7-15-30(26)31/h3-25H,1-2H3. The highest BCUT2D eigenvalue weighted by molar-refractivity contribution is 6.13. The van der Waals surface area contributed by atoms with Crippen LogP contribution in [0.2, 0.25) is 0 Å².